The van der Waals surface area contributed by atoms with Gasteiger partial charge < -0.3 is 19.3 Å². The van der Waals surface area contributed by atoms with Gasteiger partial charge in [-0.1, -0.05) is 0 Å². The van der Waals surface area contributed by atoms with Crippen LogP contribution in [-0.2, 0) is 28.7 Å². The third-order valence-corrected chi connectivity index (χ3v) is 4.93. The average molecular weight is 368 g/mol. The number of likely N-dealkylation sites (tertiary alicyclic amines) is 2. The first-order valence-electron chi connectivity index (χ1n) is 9.42. The van der Waals surface area contributed by atoms with Crippen LogP contribution < -0.4 is 0 Å². The molecule has 0 aliphatic carbocycles. The molecule has 26 heavy (non-hydrogen) atoms. The molecule has 146 valence electrons. The summed E-state index contributed by atoms with van der Waals surface area (Å²) in [5, 5.41) is 0. The first-order chi connectivity index (χ1) is 12.7. The molecule has 2 unspecified atom stereocenters. The first-order valence-corrected chi connectivity index (χ1v) is 9.42. The molecule has 2 saturated heterocycles. The zero-order chi connectivity index (χ0) is 18.8. The molecule has 2 heterocycles. The number of nitrogens with zero attached hydrogens (tertiary/aromatic N) is 2. The minimum Gasteiger partial charge on any atom is -0.464 e. The Bertz CT molecular complexity index is 454. The van der Waals surface area contributed by atoms with Crippen molar-refractivity contribution in [3.05, 3.63) is 0 Å². The van der Waals surface area contributed by atoms with Crippen molar-refractivity contribution in [3.8, 4) is 0 Å². The van der Waals surface area contributed by atoms with Gasteiger partial charge in [0.25, 0.3) is 0 Å². The lowest BCUT2D eigenvalue weighted by Gasteiger charge is -2.18. The van der Waals surface area contributed by atoms with E-state index in [1.54, 1.807) is 0 Å². The molecule has 0 aromatic heterocycles. The molecule has 2 aliphatic heterocycles. The molecule has 8 heteroatoms. The number of hydrogen-bond donors (Lipinski definition) is 0. The molecule has 0 radical (unpaired) electrons. The molecule has 0 spiro atoms. The Morgan fingerprint density at radius 3 is 1.58 bits per heavy atom. The average Bonchev–Trinajstić information content (AvgIpc) is 3.32. The lowest BCUT2D eigenvalue weighted by atomic mass is 10.2. The molecule has 2 amide bonds. The summed E-state index contributed by atoms with van der Waals surface area (Å²) in [5.74, 6) is -0.639. The van der Waals surface area contributed by atoms with E-state index in [0.717, 1.165) is 38.5 Å². The number of unbranched alkanes of at least 4 members (excludes halogenated alkanes) is 3. The largest absolute Gasteiger partial charge is 0.464 e. The van der Waals surface area contributed by atoms with E-state index in [0.29, 0.717) is 52.0 Å². The van der Waals surface area contributed by atoms with E-state index in [-0.39, 0.29) is 11.9 Å². The van der Waals surface area contributed by atoms with Gasteiger partial charge in [-0.2, -0.15) is 0 Å². The van der Waals surface area contributed by atoms with Crippen LogP contribution in [0.25, 0.3) is 0 Å². The predicted octanol–water partition coefficient (Wildman–Crippen LogP) is 0.875. The first kappa shape index (κ1) is 20.2. The summed E-state index contributed by atoms with van der Waals surface area (Å²) in [6, 6.07) is -0.845. The van der Waals surface area contributed by atoms with Crippen LogP contribution in [0.4, 0.5) is 0 Å². The van der Waals surface area contributed by atoms with Crippen molar-refractivity contribution in [3.63, 3.8) is 0 Å². The van der Waals surface area contributed by atoms with E-state index < -0.39 is 12.1 Å². The maximum atomic E-state index is 11.9. The van der Waals surface area contributed by atoms with Gasteiger partial charge in [0, 0.05) is 13.1 Å². The predicted molar refractivity (Wildman–Crippen MR) is 92.0 cm³/mol. The van der Waals surface area contributed by atoms with Gasteiger partial charge in [0.15, 0.2) is 0 Å². The van der Waals surface area contributed by atoms with Crippen LogP contribution in [0.3, 0.4) is 0 Å². The van der Waals surface area contributed by atoms with Crippen LogP contribution >= 0.6 is 0 Å². The quantitative estimate of drug-likeness (QED) is 0.305. The highest BCUT2D eigenvalue weighted by Gasteiger charge is 2.31. The number of carbonyl (C=O) groups is 4. The van der Waals surface area contributed by atoms with Gasteiger partial charge in [-0.3, -0.25) is 9.59 Å². The summed E-state index contributed by atoms with van der Waals surface area (Å²) in [6.07, 6.45) is 7.67. The number of hydrogen-bond acceptors (Lipinski definition) is 6. The Hall–Kier alpha value is -2.12. The zero-order valence-corrected chi connectivity index (χ0v) is 15.1. The molecule has 0 bridgehead atoms. The van der Waals surface area contributed by atoms with Gasteiger partial charge in [-0.25, -0.2) is 9.59 Å². The van der Waals surface area contributed by atoms with Crippen molar-refractivity contribution in [2.75, 3.05) is 26.3 Å². The Morgan fingerprint density at radius 1 is 0.769 bits per heavy atom. The SMILES string of the molecule is O=CN1CCCC1C(=O)OCCCCCCOC(=O)C1CCCN1C=O. The van der Waals surface area contributed by atoms with Crippen LogP contribution in [0.15, 0.2) is 0 Å². The van der Waals surface area contributed by atoms with E-state index in [9.17, 15) is 19.2 Å². The molecule has 0 saturated carbocycles. The number of amides is 2. The second-order valence-corrected chi connectivity index (χ2v) is 6.75. The molecule has 0 N–H and O–H groups in total. The third kappa shape index (κ3) is 5.71. The molecular formula is C18H28N2O6. The van der Waals surface area contributed by atoms with Gasteiger partial charge in [0.2, 0.25) is 12.8 Å². The third-order valence-electron chi connectivity index (χ3n) is 4.93. The Kier molecular flexibility index (Phi) is 8.37. The Labute approximate surface area is 153 Å². The molecule has 2 atom stereocenters. The van der Waals surface area contributed by atoms with Crippen molar-refractivity contribution < 1.29 is 28.7 Å². The Balaban J connectivity index is 1.47. The van der Waals surface area contributed by atoms with Gasteiger partial charge in [-0.05, 0) is 51.4 Å². The van der Waals surface area contributed by atoms with E-state index >= 15 is 0 Å². The zero-order valence-electron chi connectivity index (χ0n) is 15.1. The van der Waals surface area contributed by atoms with Crippen molar-refractivity contribution in [1.82, 2.24) is 9.80 Å². The molecule has 2 aliphatic rings. The molecular weight excluding hydrogens is 340 g/mol. The van der Waals surface area contributed by atoms with Crippen molar-refractivity contribution in [2.24, 2.45) is 0 Å². The maximum Gasteiger partial charge on any atom is 0.328 e. The second kappa shape index (κ2) is 10.8. The highest BCUT2D eigenvalue weighted by Crippen LogP contribution is 2.17. The normalized spacial score (nSPS) is 22.3. The molecule has 2 fully saturated rings. The van der Waals surface area contributed by atoms with E-state index in [2.05, 4.69) is 0 Å². The summed E-state index contributed by atoms with van der Waals surface area (Å²) in [6.45, 7) is 1.93. The summed E-state index contributed by atoms with van der Waals surface area (Å²) in [4.78, 5) is 48.4. The van der Waals surface area contributed by atoms with Gasteiger partial charge in [0.05, 0.1) is 13.2 Å². The standard InChI is InChI=1S/C18H28N2O6/c21-13-19-9-5-7-15(19)17(23)25-11-3-1-2-4-12-26-18(24)16-8-6-10-20(16)14-22/h13-16H,1-12H2. The number of ether oxygens (including phenoxy) is 2. The fourth-order valence-corrected chi connectivity index (χ4v) is 3.43. The minimum atomic E-state index is -0.423. The van der Waals surface area contributed by atoms with Crippen molar-refractivity contribution in [1.29, 1.82) is 0 Å². The van der Waals surface area contributed by atoms with Crippen LogP contribution in [0.5, 0.6) is 0 Å². The monoisotopic (exact) mass is 368 g/mol. The van der Waals surface area contributed by atoms with Crippen molar-refractivity contribution in [2.45, 2.75) is 63.5 Å². The molecule has 2 rings (SSSR count). The minimum absolute atomic E-state index is 0.320. The van der Waals surface area contributed by atoms with E-state index in [4.69, 9.17) is 9.47 Å². The van der Waals surface area contributed by atoms with Gasteiger partial charge in [-0.15, -0.1) is 0 Å². The highest BCUT2D eigenvalue weighted by atomic mass is 16.5. The Morgan fingerprint density at radius 2 is 1.19 bits per heavy atom. The van der Waals surface area contributed by atoms with Gasteiger partial charge >= 0.3 is 11.9 Å². The van der Waals surface area contributed by atoms with Crippen molar-refractivity contribution >= 4 is 24.8 Å². The lowest BCUT2D eigenvalue weighted by molar-refractivity contribution is -0.151. The number of rotatable bonds is 11. The highest BCUT2D eigenvalue weighted by molar-refractivity contribution is 5.79. The summed E-state index contributed by atoms with van der Waals surface area (Å²) >= 11 is 0. The van der Waals surface area contributed by atoms with Crippen LogP contribution in [-0.4, -0.2) is 72.9 Å². The van der Waals surface area contributed by atoms with Crippen LogP contribution in [0.1, 0.15) is 51.4 Å². The fraction of sp³-hybridized carbons (Fsp3) is 0.778. The maximum absolute atomic E-state index is 11.9. The second-order valence-electron chi connectivity index (χ2n) is 6.75. The van der Waals surface area contributed by atoms with Crippen LogP contribution in [0, 0.1) is 0 Å². The molecule has 0 aromatic rings. The topological polar surface area (TPSA) is 93.2 Å². The lowest BCUT2D eigenvalue weighted by Crippen LogP contribution is -2.36. The number of esters is 2. The van der Waals surface area contributed by atoms with E-state index in [1.807, 2.05) is 0 Å². The summed E-state index contributed by atoms with van der Waals surface area (Å²) < 4.78 is 10.5. The van der Waals surface area contributed by atoms with Gasteiger partial charge in [0.1, 0.15) is 12.1 Å². The molecule has 8 nitrogen and oxygen atoms in total. The smallest absolute Gasteiger partial charge is 0.328 e. The van der Waals surface area contributed by atoms with Crippen LogP contribution in [0.2, 0.25) is 0 Å². The van der Waals surface area contributed by atoms with E-state index in [1.165, 1.54) is 9.80 Å². The summed E-state index contributed by atoms with van der Waals surface area (Å²) in [5.41, 5.74) is 0. The summed E-state index contributed by atoms with van der Waals surface area (Å²) in [7, 11) is 0. The number of carbonyl (C=O) groups excluding carboxylic acids is 4. The molecule has 0 aromatic carbocycles. The fourth-order valence-electron chi connectivity index (χ4n) is 3.43.